The lowest BCUT2D eigenvalue weighted by Crippen LogP contribution is -2.00. The van der Waals surface area contributed by atoms with Crippen LogP contribution in [0, 0.1) is 29.1 Å². The Hall–Kier alpha value is -0.0738. The molecule has 0 N–H and O–H groups in total. The Morgan fingerprint density at radius 2 is 0.846 bits per heavy atom. The molecular formula is C6ClF5Mg. The van der Waals surface area contributed by atoms with Gasteiger partial charge in [0.2, 0.25) is 5.82 Å². The standard InChI is InChI=1S/C6ClF5.Mg/c7-1-2(8)4(10)6(12)5(11)3(1)9;. The number of halogens is 6. The van der Waals surface area contributed by atoms with E-state index in [0.717, 1.165) is 0 Å². The molecule has 0 atom stereocenters. The van der Waals surface area contributed by atoms with Crippen LogP contribution in [-0.4, -0.2) is 23.1 Å². The van der Waals surface area contributed by atoms with Gasteiger partial charge in [-0.15, -0.1) is 0 Å². The smallest absolute Gasteiger partial charge is 0.200 e. The van der Waals surface area contributed by atoms with Gasteiger partial charge in [-0.25, -0.2) is 22.0 Å². The average Bonchev–Trinajstić information content (AvgIpc) is 2.08. The van der Waals surface area contributed by atoms with Gasteiger partial charge in [0.1, 0.15) is 5.02 Å². The molecule has 0 aliphatic heterocycles. The first-order valence-electron chi connectivity index (χ1n) is 2.63. The fourth-order valence-electron chi connectivity index (χ4n) is 0.578. The Balaban J connectivity index is 0.00000144. The van der Waals surface area contributed by atoms with E-state index in [9.17, 15) is 22.0 Å². The molecule has 1 aromatic carbocycles. The highest BCUT2D eigenvalue weighted by atomic mass is 35.5. The van der Waals surface area contributed by atoms with E-state index in [1.807, 2.05) is 0 Å². The molecule has 0 spiro atoms. The van der Waals surface area contributed by atoms with Crippen molar-refractivity contribution in [1.82, 2.24) is 0 Å². The fraction of sp³-hybridized carbons (Fsp3) is 0. The molecule has 1 aromatic rings. The van der Waals surface area contributed by atoms with E-state index in [2.05, 4.69) is 0 Å². The van der Waals surface area contributed by atoms with E-state index in [1.165, 1.54) is 0 Å². The van der Waals surface area contributed by atoms with Crippen LogP contribution in [-0.2, 0) is 0 Å². The van der Waals surface area contributed by atoms with E-state index in [4.69, 9.17) is 11.6 Å². The maximum Gasteiger partial charge on any atom is 0.200 e. The van der Waals surface area contributed by atoms with Crippen molar-refractivity contribution in [2.75, 3.05) is 0 Å². The normalized spacial score (nSPS) is 9.69. The van der Waals surface area contributed by atoms with Gasteiger partial charge in [0.15, 0.2) is 23.3 Å². The third-order valence-electron chi connectivity index (χ3n) is 1.16. The number of rotatable bonds is 0. The zero-order valence-corrected chi connectivity index (χ0v) is 8.15. The van der Waals surface area contributed by atoms with Crippen molar-refractivity contribution in [3.8, 4) is 0 Å². The fourth-order valence-corrected chi connectivity index (χ4v) is 0.744. The van der Waals surface area contributed by atoms with E-state index < -0.39 is 34.1 Å². The molecule has 0 aliphatic rings. The minimum atomic E-state index is -2.21. The van der Waals surface area contributed by atoms with Gasteiger partial charge in [0, 0.05) is 23.1 Å². The molecule has 7 heteroatoms. The highest BCUT2D eigenvalue weighted by Crippen LogP contribution is 2.26. The molecule has 0 saturated heterocycles. The first kappa shape index (κ1) is 12.9. The first-order chi connectivity index (χ1) is 5.46. The predicted octanol–water partition coefficient (Wildman–Crippen LogP) is 2.65. The molecule has 68 valence electrons. The maximum absolute atomic E-state index is 12.3. The lowest BCUT2D eigenvalue weighted by atomic mass is 10.3. The molecule has 0 aromatic heterocycles. The van der Waals surface area contributed by atoms with Crippen molar-refractivity contribution in [2.45, 2.75) is 0 Å². The summed E-state index contributed by atoms with van der Waals surface area (Å²) in [5, 5.41) is -1.40. The van der Waals surface area contributed by atoms with E-state index in [-0.39, 0.29) is 23.1 Å². The molecule has 0 fully saturated rings. The summed E-state index contributed by atoms with van der Waals surface area (Å²) >= 11 is 4.76. The predicted molar refractivity (Wildman–Crippen MR) is 37.0 cm³/mol. The highest BCUT2D eigenvalue weighted by molar-refractivity contribution is 6.30. The third-order valence-corrected chi connectivity index (χ3v) is 1.49. The molecule has 2 radical (unpaired) electrons. The van der Waals surface area contributed by atoms with Crippen LogP contribution in [0.3, 0.4) is 0 Å². The van der Waals surface area contributed by atoms with E-state index in [1.54, 1.807) is 0 Å². The Bertz CT molecular complexity index is 235. The quantitative estimate of drug-likeness (QED) is 0.276. The minimum absolute atomic E-state index is 0. The van der Waals surface area contributed by atoms with Gasteiger partial charge in [-0.05, 0) is 0 Å². The summed E-state index contributed by atoms with van der Waals surface area (Å²) in [6.45, 7) is 0. The second-order valence-corrected chi connectivity index (χ2v) is 2.26. The Labute approximate surface area is 90.8 Å². The van der Waals surface area contributed by atoms with Crippen LogP contribution >= 0.6 is 11.6 Å². The molecule has 0 amide bonds. The maximum atomic E-state index is 12.3. The van der Waals surface area contributed by atoms with Gasteiger partial charge in [-0.1, -0.05) is 11.6 Å². The Morgan fingerprint density at radius 3 is 1.15 bits per heavy atom. The molecule has 0 heterocycles. The van der Waals surface area contributed by atoms with Gasteiger partial charge in [0.25, 0.3) is 0 Å². The van der Waals surface area contributed by atoms with Crippen LogP contribution < -0.4 is 0 Å². The summed E-state index contributed by atoms with van der Waals surface area (Å²) < 4.78 is 61.1. The summed E-state index contributed by atoms with van der Waals surface area (Å²) in [7, 11) is 0. The molecule has 13 heavy (non-hydrogen) atoms. The number of hydrogen-bond acceptors (Lipinski definition) is 0. The van der Waals surface area contributed by atoms with Crippen LogP contribution in [0.5, 0.6) is 0 Å². The van der Waals surface area contributed by atoms with Crippen molar-refractivity contribution in [1.29, 1.82) is 0 Å². The summed E-state index contributed by atoms with van der Waals surface area (Å²) in [6.07, 6.45) is 0. The van der Waals surface area contributed by atoms with E-state index >= 15 is 0 Å². The molecular weight excluding hydrogens is 227 g/mol. The molecule has 0 aliphatic carbocycles. The Kier molecular flexibility index (Phi) is 4.41. The number of benzene rings is 1. The molecule has 0 saturated carbocycles. The van der Waals surface area contributed by atoms with Crippen molar-refractivity contribution < 1.29 is 22.0 Å². The van der Waals surface area contributed by atoms with Crippen LogP contribution in [0.2, 0.25) is 5.02 Å². The van der Waals surface area contributed by atoms with Crippen molar-refractivity contribution in [3.05, 3.63) is 34.1 Å². The zero-order valence-electron chi connectivity index (χ0n) is 5.97. The van der Waals surface area contributed by atoms with Crippen molar-refractivity contribution in [3.63, 3.8) is 0 Å². The van der Waals surface area contributed by atoms with Gasteiger partial charge in [-0.3, -0.25) is 0 Å². The molecule has 0 nitrogen and oxygen atoms in total. The average molecular weight is 227 g/mol. The number of hydrogen-bond donors (Lipinski definition) is 0. The SMILES string of the molecule is Fc1c(F)c(F)c(Cl)c(F)c1F.[Mg]. The Morgan fingerprint density at radius 1 is 0.615 bits per heavy atom. The summed E-state index contributed by atoms with van der Waals surface area (Å²) in [4.78, 5) is 0. The van der Waals surface area contributed by atoms with Crippen LogP contribution in [0.15, 0.2) is 0 Å². The van der Waals surface area contributed by atoms with Crippen LogP contribution in [0.4, 0.5) is 22.0 Å². The largest absolute Gasteiger partial charge is 0.202 e. The summed E-state index contributed by atoms with van der Waals surface area (Å²) in [5.41, 5.74) is 0. The van der Waals surface area contributed by atoms with Gasteiger partial charge < -0.3 is 0 Å². The van der Waals surface area contributed by atoms with Gasteiger partial charge in [-0.2, -0.15) is 0 Å². The van der Waals surface area contributed by atoms with Crippen LogP contribution in [0.25, 0.3) is 0 Å². The van der Waals surface area contributed by atoms with E-state index in [0.29, 0.717) is 0 Å². The first-order valence-corrected chi connectivity index (χ1v) is 3.01. The third kappa shape index (κ3) is 2.05. The van der Waals surface area contributed by atoms with Crippen molar-refractivity contribution >= 4 is 34.7 Å². The summed E-state index contributed by atoms with van der Waals surface area (Å²) in [5.74, 6) is -10.3. The van der Waals surface area contributed by atoms with Gasteiger partial charge >= 0.3 is 0 Å². The monoisotopic (exact) mass is 226 g/mol. The summed E-state index contributed by atoms with van der Waals surface area (Å²) in [6, 6.07) is 0. The zero-order chi connectivity index (χ0) is 9.46. The molecule has 1 rings (SSSR count). The van der Waals surface area contributed by atoms with Gasteiger partial charge in [0.05, 0.1) is 0 Å². The lowest BCUT2D eigenvalue weighted by molar-refractivity contribution is 0.379. The molecule has 0 unspecified atom stereocenters. The van der Waals surface area contributed by atoms with Crippen molar-refractivity contribution in [2.24, 2.45) is 0 Å². The minimum Gasteiger partial charge on any atom is -0.202 e. The topological polar surface area (TPSA) is 0 Å². The highest BCUT2D eigenvalue weighted by Gasteiger charge is 2.24. The van der Waals surface area contributed by atoms with Crippen LogP contribution in [0.1, 0.15) is 0 Å². The second kappa shape index (κ2) is 4.43. The lowest BCUT2D eigenvalue weighted by Gasteiger charge is -2.00. The molecule has 0 bridgehead atoms. The second-order valence-electron chi connectivity index (χ2n) is 1.88.